The number of benzene rings is 2. The smallest absolute Gasteiger partial charge is 0.233 e. The van der Waals surface area contributed by atoms with Gasteiger partial charge in [0.05, 0.1) is 30.6 Å². The highest BCUT2D eigenvalue weighted by Gasteiger charge is 2.19. The Balaban J connectivity index is 1.99. The quantitative estimate of drug-likeness (QED) is 0.610. The van der Waals surface area contributed by atoms with Crippen LogP contribution >= 0.6 is 35.0 Å². The lowest BCUT2D eigenvalue weighted by atomic mass is 10.1. The molecule has 1 amide bonds. The van der Waals surface area contributed by atoms with Gasteiger partial charge in [0.2, 0.25) is 5.91 Å². The first-order chi connectivity index (χ1) is 12.8. The van der Waals surface area contributed by atoms with Crippen molar-refractivity contribution in [1.29, 1.82) is 0 Å². The molecule has 0 aromatic heterocycles. The largest absolute Gasteiger partial charge is 0.497 e. The zero-order valence-electron chi connectivity index (χ0n) is 15.2. The second kappa shape index (κ2) is 10.1. The molecule has 0 saturated heterocycles. The second-order valence-electron chi connectivity index (χ2n) is 5.70. The van der Waals surface area contributed by atoms with Crippen molar-refractivity contribution in [2.24, 2.45) is 0 Å². The molecule has 0 bridgehead atoms. The lowest BCUT2D eigenvalue weighted by molar-refractivity contribution is -0.120. The fourth-order valence-corrected chi connectivity index (χ4v) is 3.80. The first-order valence-electron chi connectivity index (χ1n) is 8.15. The van der Waals surface area contributed by atoms with E-state index < -0.39 is 11.4 Å². The number of aliphatic hydroxyl groups excluding tert-OH is 1. The molecule has 2 aromatic carbocycles. The van der Waals surface area contributed by atoms with E-state index in [0.29, 0.717) is 27.1 Å². The van der Waals surface area contributed by atoms with Gasteiger partial charge in [-0.1, -0.05) is 23.2 Å². The number of carbonyl (C=O) groups excluding carboxylic acids is 1. The molecule has 2 unspecified atom stereocenters. The molecular weight excluding hydrogens is 409 g/mol. The van der Waals surface area contributed by atoms with E-state index >= 15 is 0 Å². The van der Waals surface area contributed by atoms with Gasteiger partial charge < -0.3 is 19.9 Å². The fourth-order valence-electron chi connectivity index (χ4n) is 2.36. The number of thioether (sulfide) groups is 1. The van der Waals surface area contributed by atoms with Crippen molar-refractivity contribution in [1.82, 2.24) is 5.32 Å². The SMILES string of the molecule is COc1ccc(OC)c(C(O)CNC(=O)C(C)Sc2cc(Cl)ccc2Cl)c1. The van der Waals surface area contributed by atoms with E-state index in [1.807, 2.05) is 0 Å². The molecule has 0 heterocycles. The van der Waals surface area contributed by atoms with E-state index in [9.17, 15) is 9.90 Å². The highest BCUT2D eigenvalue weighted by Crippen LogP contribution is 2.33. The molecule has 5 nitrogen and oxygen atoms in total. The van der Waals surface area contributed by atoms with Crippen molar-refractivity contribution in [2.45, 2.75) is 23.2 Å². The first-order valence-corrected chi connectivity index (χ1v) is 9.78. The molecule has 146 valence electrons. The molecule has 0 aliphatic heterocycles. The maximum absolute atomic E-state index is 12.4. The van der Waals surface area contributed by atoms with Gasteiger partial charge >= 0.3 is 0 Å². The van der Waals surface area contributed by atoms with E-state index in [0.717, 1.165) is 4.90 Å². The van der Waals surface area contributed by atoms with Crippen LogP contribution in [0.15, 0.2) is 41.3 Å². The van der Waals surface area contributed by atoms with E-state index in [1.54, 1.807) is 50.4 Å². The molecule has 2 rings (SSSR count). The molecule has 0 saturated carbocycles. The lowest BCUT2D eigenvalue weighted by Crippen LogP contribution is -2.34. The van der Waals surface area contributed by atoms with Crippen molar-refractivity contribution in [3.63, 3.8) is 0 Å². The van der Waals surface area contributed by atoms with Crippen LogP contribution in [0, 0.1) is 0 Å². The van der Waals surface area contributed by atoms with Crippen LogP contribution in [-0.2, 0) is 4.79 Å². The Morgan fingerprint density at radius 2 is 1.93 bits per heavy atom. The van der Waals surface area contributed by atoms with Crippen molar-refractivity contribution in [3.8, 4) is 11.5 Å². The highest BCUT2D eigenvalue weighted by atomic mass is 35.5. The summed E-state index contributed by atoms with van der Waals surface area (Å²) in [4.78, 5) is 13.1. The number of carbonyl (C=O) groups is 1. The van der Waals surface area contributed by atoms with Crippen molar-refractivity contribution in [3.05, 3.63) is 52.0 Å². The Morgan fingerprint density at radius 3 is 2.59 bits per heavy atom. The molecule has 0 radical (unpaired) electrons. The summed E-state index contributed by atoms with van der Waals surface area (Å²) in [5.74, 6) is 0.887. The monoisotopic (exact) mass is 429 g/mol. The minimum absolute atomic E-state index is 0.0382. The van der Waals surface area contributed by atoms with E-state index in [4.69, 9.17) is 32.7 Å². The molecule has 0 fully saturated rings. The number of halogens is 2. The van der Waals surface area contributed by atoms with Gasteiger partial charge in [-0.25, -0.2) is 0 Å². The number of hydrogen-bond acceptors (Lipinski definition) is 5. The van der Waals surface area contributed by atoms with Gasteiger partial charge in [-0.15, -0.1) is 11.8 Å². The summed E-state index contributed by atoms with van der Waals surface area (Å²) in [7, 11) is 3.06. The van der Waals surface area contributed by atoms with Crippen molar-refractivity contribution < 1.29 is 19.4 Å². The average Bonchev–Trinajstić information content (AvgIpc) is 2.67. The Kier molecular flexibility index (Phi) is 8.10. The summed E-state index contributed by atoms with van der Waals surface area (Å²) in [5, 5.41) is 13.9. The van der Waals surface area contributed by atoms with Gasteiger partial charge in [0.1, 0.15) is 11.5 Å². The molecule has 8 heteroatoms. The van der Waals surface area contributed by atoms with Gasteiger partial charge in [-0.2, -0.15) is 0 Å². The molecule has 0 aliphatic carbocycles. The van der Waals surface area contributed by atoms with Gasteiger partial charge in [0.15, 0.2) is 0 Å². The van der Waals surface area contributed by atoms with Gasteiger partial charge in [-0.3, -0.25) is 4.79 Å². The number of nitrogens with one attached hydrogen (secondary N) is 1. The Morgan fingerprint density at radius 1 is 1.19 bits per heavy atom. The maximum Gasteiger partial charge on any atom is 0.233 e. The van der Waals surface area contributed by atoms with Crippen LogP contribution in [0.3, 0.4) is 0 Å². The second-order valence-corrected chi connectivity index (χ2v) is 7.93. The van der Waals surface area contributed by atoms with Crippen molar-refractivity contribution in [2.75, 3.05) is 20.8 Å². The van der Waals surface area contributed by atoms with Crippen LogP contribution in [0.2, 0.25) is 10.0 Å². The minimum atomic E-state index is -0.939. The molecule has 2 aromatic rings. The Bertz CT molecular complexity index is 803. The van der Waals surface area contributed by atoms with Crippen LogP contribution in [0.1, 0.15) is 18.6 Å². The number of aliphatic hydroxyl groups is 1. The van der Waals surface area contributed by atoms with Crippen LogP contribution in [-0.4, -0.2) is 37.0 Å². The molecular formula is C19H21Cl2NO4S. The third-order valence-electron chi connectivity index (χ3n) is 3.83. The third kappa shape index (κ3) is 5.94. The third-order valence-corrected chi connectivity index (χ3v) is 5.67. The van der Waals surface area contributed by atoms with Crippen LogP contribution < -0.4 is 14.8 Å². The highest BCUT2D eigenvalue weighted by molar-refractivity contribution is 8.00. The van der Waals surface area contributed by atoms with Crippen LogP contribution in [0.5, 0.6) is 11.5 Å². The minimum Gasteiger partial charge on any atom is -0.497 e. The van der Waals surface area contributed by atoms with Crippen LogP contribution in [0.25, 0.3) is 0 Å². The first kappa shape index (κ1) is 21.7. The van der Waals surface area contributed by atoms with E-state index in [2.05, 4.69) is 5.32 Å². The van der Waals surface area contributed by atoms with Gasteiger partial charge in [0, 0.05) is 22.0 Å². The zero-order chi connectivity index (χ0) is 20.0. The summed E-state index contributed by atoms with van der Waals surface area (Å²) in [6.45, 7) is 1.80. The number of methoxy groups -OCH3 is 2. The number of ether oxygens (including phenoxy) is 2. The predicted octanol–water partition coefficient (Wildman–Crippen LogP) is 4.34. The molecule has 0 spiro atoms. The molecule has 0 aliphatic rings. The maximum atomic E-state index is 12.4. The number of amides is 1. The van der Waals surface area contributed by atoms with E-state index in [-0.39, 0.29) is 12.5 Å². The molecule has 2 atom stereocenters. The van der Waals surface area contributed by atoms with Crippen LogP contribution in [0.4, 0.5) is 0 Å². The molecule has 2 N–H and O–H groups in total. The van der Waals surface area contributed by atoms with Crippen molar-refractivity contribution >= 4 is 40.9 Å². The van der Waals surface area contributed by atoms with Gasteiger partial charge in [0.25, 0.3) is 0 Å². The zero-order valence-corrected chi connectivity index (χ0v) is 17.5. The lowest BCUT2D eigenvalue weighted by Gasteiger charge is -2.18. The number of hydrogen-bond donors (Lipinski definition) is 2. The molecule has 27 heavy (non-hydrogen) atoms. The normalized spacial score (nSPS) is 13.0. The standard InChI is InChI=1S/C19H21Cl2NO4S/c1-11(27-18-8-12(20)4-6-15(18)21)19(24)22-10-16(23)14-9-13(25-2)5-7-17(14)26-3/h4-9,11,16,23H,10H2,1-3H3,(H,22,24). The Labute approximate surface area is 173 Å². The topological polar surface area (TPSA) is 67.8 Å². The Hall–Kier alpha value is -1.60. The summed E-state index contributed by atoms with van der Waals surface area (Å²) in [6, 6.07) is 10.2. The number of rotatable bonds is 8. The summed E-state index contributed by atoms with van der Waals surface area (Å²) >= 11 is 13.4. The summed E-state index contributed by atoms with van der Waals surface area (Å²) in [6.07, 6.45) is -0.939. The fraction of sp³-hybridized carbons (Fsp3) is 0.316. The summed E-state index contributed by atoms with van der Waals surface area (Å²) in [5.41, 5.74) is 0.537. The summed E-state index contributed by atoms with van der Waals surface area (Å²) < 4.78 is 10.4. The van der Waals surface area contributed by atoms with Gasteiger partial charge in [-0.05, 0) is 43.3 Å². The van der Waals surface area contributed by atoms with E-state index in [1.165, 1.54) is 18.9 Å². The predicted molar refractivity (Wildman–Crippen MR) is 109 cm³/mol. The average molecular weight is 430 g/mol.